The fourth-order valence-corrected chi connectivity index (χ4v) is 2.01. The second kappa shape index (κ2) is 4.98. The minimum Gasteiger partial charge on any atom is -0.478 e. The average Bonchev–Trinajstić information content (AvgIpc) is 2.91. The van der Waals surface area contributed by atoms with Crippen molar-refractivity contribution in [3.8, 4) is 17.6 Å². The van der Waals surface area contributed by atoms with Gasteiger partial charge in [-0.15, -0.1) is 0 Å². The number of nitrogens with one attached hydrogen (secondary N) is 1. The van der Waals surface area contributed by atoms with Crippen molar-refractivity contribution in [3.63, 3.8) is 0 Å². The molecule has 0 atom stereocenters. The van der Waals surface area contributed by atoms with Crippen LogP contribution < -0.4 is 4.74 Å². The molecule has 21 heavy (non-hydrogen) atoms. The van der Waals surface area contributed by atoms with E-state index in [9.17, 15) is 4.79 Å². The van der Waals surface area contributed by atoms with Crippen LogP contribution in [-0.2, 0) is 0 Å². The number of hydrogen-bond acceptors (Lipinski definition) is 4. The molecule has 0 spiro atoms. The highest BCUT2D eigenvalue weighted by molar-refractivity contribution is 6.03. The van der Waals surface area contributed by atoms with Gasteiger partial charge in [0.2, 0.25) is 0 Å². The molecule has 0 fully saturated rings. The summed E-state index contributed by atoms with van der Waals surface area (Å²) in [5.41, 5.74) is 1.15. The Bertz CT molecular complexity index is 877. The first kappa shape index (κ1) is 12.7. The van der Waals surface area contributed by atoms with E-state index in [1.165, 1.54) is 18.5 Å². The number of nitriles is 1. The summed E-state index contributed by atoms with van der Waals surface area (Å²) >= 11 is 0. The summed E-state index contributed by atoms with van der Waals surface area (Å²) in [5, 5.41) is 18.5. The molecule has 2 N–H and O–H groups in total. The molecule has 3 aromatic rings. The number of rotatable bonds is 3. The summed E-state index contributed by atoms with van der Waals surface area (Å²) in [6, 6.07) is 10.2. The zero-order valence-electron chi connectivity index (χ0n) is 10.7. The average molecular weight is 279 g/mol. The lowest BCUT2D eigenvalue weighted by Crippen LogP contribution is -1.94. The molecule has 6 nitrogen and oxygen atoms in total. The number of fused-ring (bicyclic) bond motifs is 1. The number of H-pyrrole nitrogens is 1. The Hall–Kier alpha value is -3.33. The third-order valence-corrected chi connectivity index (χ3v) is 2.97. The molecule has 0 aliphatic heterocycles. The van der Waals surface area contributed by atoms with Crippen LogP contribution in [-0.4, -0.2) is 21.0 Å². The molecule has 0 aliphatic carbocycles. The topological polar surface area (TPSA) is 99.0 Å². The summed E-state index contributed by atoms with van der Waals surface area (Å²) < 4.78 is 5.64. The molecule has 0 aliphatic rings. The van der Waals surface area contributed by atoms with Crippen LogP contribution in [0.2, 0.25) is 0 Å². The molecule has 1 aromatic carbocycles. The van der Waals surface area contributed by atoms with E-state index in [0.717, 1.165) is 0 Å². The minimum absolute atomic E-state index is 0.183. The molecule has 0 saturated carbocycles. The van der Waals surface area contributed by atoms with Gasteiger partial charge in [0.05, 0.1) is 5.56 Å². The van der Waals surface area contributed by atoms with E-state index in [0.29, 0.717) is 22.4 Å². The lowest BCUT2D eigenvalue weighted by atomic mass is 10.1. The number of aromatic amines is 1. The number of pyridine rings is 1. The van der Waals surface area contributed by atoms with Crippen molar-refractivity contribution in [2.24, 2.45) is 0 Å². The Labute approximate surface area is 119 Å². The van der Waals surface area contributed by atoms with Gasteiger partial charge in [-0.1, -0.05) is 0 Å². The van der Waals surface area contributed by atoms with Crippen LogP contribution in [0.4, 0.5) is 0 Å². The minimum atomic E-state index is -1.01. The number of nitrogens with zero attached hydrogens (tertiary/aromatic N) is 2. The Morgan fingerprint density at radius 3 is 2.86 bits per heavy atom. The van der Waals surface area contributed by atoms with Crippen LogP contribution >= 0.6 is 0 Å². The van der Waals surface area contributed by atoms with Crippen LogP contribution in [0, 0.1) is 11.3 Å². The third-order valence-electron chi connectivity index (χ3n) is 2.97. The van der Waals surface area contributed by atoms with Crippen molar-refractivity contribution in [1.82, 2.24) is 9.97 Å². The lowest BCUT2D eigenvalue weighted by molar-refractivity contribution is 0.0699. The number of aromatic nitrogens is 2. The van der Waals surface area contributed by atoms with Gasteiger partial charge in [0, 0.05) is 29.4 Å². The monoisotopic (exact) mass is 279 g/mol. The van der Waals surface area contributed by atoms with E-state index in [2.05, 4.69) is 9.97 Å². The number of carboxylic acid groups (broad SMARTS) is 1. The second-order valence-corrected chi connectivity index (χ2v) is 4.31. The molecule has 2 heterocycles. The second-order valence-electron chi connectivity index (χ2n) is 4.31. The van der Waals surface area contributed by atoms with Gasteiger partial charge < -0.3 is 14.8 Å². The van der Waals surface area contributed by atoms with Gasteiger partial charge in [-0.25, -0.2) is 9.78 Å². The van der Waals surface area contributed by atoms with Crippen LogP contribution in [0.5, 0.6) is 11.5 Å². The molecule has 0 saturated heterocycles. The first-order valence-electron chi connectivity index (χ1n) is 6.06. The van der Waals surface area contributed by atoms with Crippen molar-refractivity contribution < 1.29 is 14.6 Å². The highest BCUT2D eigenvalue weighted by Crippen LogP contribution is 2.27. The number of hydrogen-bond donors (Lipinski definition) is 2. The van der Waals surface area contributed by atoms with E-state index >= 15 is 0 Å². The predicted molar refractivity (Wildman–Crippen MR) is 74.3 cm³/mol. The van der Waals surface area contributed by atoms with Crippen LogP contribution in [0.15, 0.2) is 42.7 Å². The van der Waals surface area contributed by atoms with E-state index in [4.69, 9.17) is 15.1 Å². The fourth-order valence-electron chi connectivity index (χ4n) is 2.01. The predicted octanol–water partition coefficient (Wildman–Crippen LogP) is 2.93. The molecule has 2 aromatic heterocycles. The van der Waals surface area contributed by atoms with E-state index in [-0.39, 0.29) is 11.3 Å². The number of carbonyl (C=O) groups is 1. The molecule has 102 valence electrons. The van der Waals surface area contributed by atoms with Crippen molar-refractivity contribution in [2.45, 2.75) is 0 Å². The Morgan fingerprint density at radius 1 is 1.29 bits per heavy atom. The van der Waals surface area contributed by atoms with Crippen LogP contribution in [0.1, 0.15) is 16.1 Å². The number of ether oxygens (including phenoxy) is 1. The maximum atomic E-state index is 11.1. The van der Waals surface area contributed by atoms with Gasteiger partial charge in [0.15, 0.2) is 0 Å². The van der Waals surface area contributed by atoms with Crippen molar-refractivity contribution in [3.05, 3.63) is 54.0 Å². The van der Waals surface area contributed by atoms with Crippen molar-refractivity contribution in [2.75, 3.05) is 0 Å². The highest BCUT2D eigenvalue weighted by Gasteiger charge is 2.11. The number of carboxylic acids is 1. The van der Waals surface area contributed by atoms with Gasteiger partial charge in [0.25, 0.3) is 0 Å². The van der Waals surface area contributed by atoms with Gasteiger partial charge in [-0.2, -0.15) is 5.26 Å². The standard InChI is InChI=1S/C15H9N3O3/c16-7-9-5-11(3-4-17-9)21-10-1-2-14-12(6-10)13(8-18-14)15(19)20/h1-6,8,18H,(H,19,20). The Morgan fingerprint density at radius 2 is 2.10 bits per heavy atom. The van der Waals surface area contributed by atoms with Gasteiger partial charge in [0.1, 0.15) is 23.3 Å². The first-order valence-corrected chi connectivity index (χ1v) is 6.06. The van der Waals surface area contributed by atoms with Crippen molar-refractivity contribution >= 4 is 16.9 Å². The van der Waals surface area contributed by atoms with Crippen LogP contribution in [0.3, 0.4) is 0 Å². The lowest BCUT2D eigenvalue weighted by Gasteiger charge is -2.06. The summed E-state index contributed by atoms with van der Waals surface area (Å²) in [5.74, 6) is -0.0536. The maximum absolute atomic E-state index is 11.1. The largest absolute Gasteiger partial charge is 0.478 e. The first-order chi connectivity index (χ1) is 10.2. The molecule has 6 heteroatoms. The molecule has 0 radical (unpaired) electrons. The SMILES string of the molecule is N#Cc1cc(Oc2ccc3[nH]cc(C(=O)O)c3c2)ccn1. The third kappa shape index (κ3) is 2.40. The maximum Gasteiger partial charge on any atom is 0.337 e. The van der Waals surface area contributed by atoms with Gasteiger partial charge in [-0.3, -0.25) is 0 Å². The van der Waals surface area contributed by atoms with Gasteiger partial charge >= 0.3 is 5.97 Å². The molecular formula is C15H9N3O3. The molecule has 0 amide bonds. The molecular weight excluding hydrogens is 270 g/mol. The molecule has 3 rings (SSSR count). The zero-order chi connectivity index (χ0) is 14.8. The van der Waals surface area contributed by atoms with E-state index in [1.54, 1.807) is 24.3 Å². The number of benzene rings is 1. The molecule has 0 unspecified atom stereocenters. The summed E-state index contributed by atoms with van der Waals surface area (Å²) in [6.07, 6.45) is 2.92. The Kier molecular flexibility index (Phi) is 3.01. The van der Waals surface area contributed by atoms with E-state index in [1.807, 2.05) is 6.07 Å². The van der Waals surface area contributed by atoms with Crippen molar-refractivity contribution in [1.29, 1.82) is 5.26 Å². The Balaban J connectivity index is 1.99. The summed E-state index contributed by atoms with van der Waals surface area (Å²) in [4.78, 5) is 17.9. The van der Waals surface area contributed by atoms with Gasteiger partial charge in [-0.05, 0) is 24.3 Å². The summed E-state index contributed by atoms with van der Waals surface area (Å²) in [6.45, 7) is 0. The zero-order valence-corrected chi connectivity index (χ0v) is 10.7. The highest BCUT2D eigenvalue weighted by atomic mass is 16.5. The normalized spacial score (nSPS) is 10.2. The summed E-state index contributed by atoms with van der Waals surface area (Å²) in [7, 11) is 0. The fraction of sp³-hybridized carbons (Fsp3) is 0. The van der Waals surface area contributed by atoms with Crippen LogP contribution in [0.25, 0.3) is 10.9 Å². The molecule has 0 bridgehead atoms. The quantitative estimate of drug-likeness (QED) is 0.767. The smallest absolute Gasteiger partial charge is 0.337 e. The number of aromatic carboxylic acids is 1. The van der Waals surface area contributed by atoms with E-state index < -0.39 is 5.97 Å².